The molecule has 0 aliphatic heterocycles. The Balaban J connectivity index is 1.52. The molecular formula is C28H32FN7O2Si. The summed E-state index contributed by atoms with van der Waals surface area (Å²) >= 11 is 0. The molecule has 0 bridgehead atoms. The van der Waals surface area contributed by atoms with E-state index in [1.54, 1.807) is 36.4 Å². The molecule has 4 heterocycles. The summed E-state index contributed by atoms with van der Waals surface area (Å²) in [5.41, 5.74) is 3.80. The summed E-state index contributed by atoms with van der Waals surface area (Å²) in [4.78, 5) is 27.4. The van der Waals surface area contributed by atoms with Gasteiger partial charge in [0, 0.05) is 39.5 Å². The van der Waals surface area contributed by atoms with E-state index in [0.29, 0.717) is 40.2 Å². The van der Waals surface area contributed by atoms with E-state index in [9.17, 15) is 9.18 Å². The number of benzene rings is 1. The first kappa shape index (κ1) is 26.6. The summed E-state index contributed by atoms with van der Waals surface area (Å²) in [6.45, 7) is 9.68. The van der Waals surface area contributed by atoms with Gasteiger partial charge in [-0.1, -0.05) is 25.7 Å². The summed E-state index contributed by atoms with van der Waals surface area (Å²) in [5.74, 6) is -0.635. The lowest BCUT2D eigenvalue weighted by Gasteiger charge is -2.15. The maximum Gasteiger partial charge on any atom is 0.255 e. The Morgan fingerprint density at radius 2 is 2.00 bits per heavy atom. The average Bonchev–Trinajstić information content (AvgIpc) is 3.43. The van der Waals surface area contributed by atoms with E-state index >= 15 is 0 Å². The molecule has 9 nitrogen and oxygen atoms in total. The normalized spacial score (nSPS) is 12.8. The van der Waals surface area contributed by atoms with Gasteiger partial charge >= 0.3 is 0 Å². The monoisotopic (exact) mass is 545 g/mol. The second kappa shape index (κ2) is 10.7. The maximum atomic E-state index is 13.9. The maximum absolute atomic E-state index is 13.9. The van der Waals surface area contributed by atoms with Crippen molar-refractivity contribution >= 4 is 36.0 Å². The van der Waals surface area contributed by atoms with Crippen molar-refractivity contribution in [2.45, 2.75) is 45.4 Å². The van der Waals surface area contributed by atoms with Crippen molar-refractivity contribution in [3.8, 4) is 11.4 Å². The number of pyridine rings is 1. The number of aryl methyl sites for hydroxylation is 1. The van der Waals surface area contributed by atoms with Crippen LogP contribution < -0.4 is 5.32 Å². The SMILES string of the molecule is C[C@@H](NC(=O)c1cn(COCC[Si](C)(C)C)c2ncc(-c3nn(C)c4cc(F)ccc34)nc12)c1ccccn1. The summed E-state index contributed by atoms with van der Waals surface area (Å²) < 4.78 is 23.3. The van der Waals surface area contributed by atoms with Crippen LogP contribution in [0.2, 0.25) is 25.7 Å². The molecule has 0 aliphatic rings. The summed E-state index contributed by atoms with van der Waals surface area (Å²) in [6.07, 6.45) is 5.06. The topological polar surface area (TPSA) is 99.8 Å². The number of nitrogens with zero attached hydrogens (tertiary/aromatic N) is 6. The third-order valence-corrected chi connectivity index (χ3v) is 8.28. The molecule has 5 rings (SSSR count). The van der Waals surface area contributed by atoms with E-state index in [4.69, 9.17) is 9.72 Å². The first-order valence-corrected chi connectivity index (χ1v) is 16.6. The minimum Gasteiger partial charge on any atom is -0.361 e. The van der Waals surface area contributed by atoms with E-state index < -0.39 is 8.07 Å². The van der Waals surface area contributed by atoms with E-state index in [1.807, 2.05) is 29.7 Å². The third kappa shape index (κ3) is 5.74. The zero-order valence-corrected chi connectivity index (χ0v) is 23.8. The fraction of sp³-hybridized carbons (Fsp3) is 0.321. The first-order chi connectivity index (χ1) is 18.6. The third-order valence-electron chi connectivity index (χ3n) is 6.57. The molecule has 0 saturated carbocycles. The van der Waals surface area contributed by atoms with Gasteiger partial charge in [-0.15, -0.1) is 0 Å². The summed E-state index contributed by atoms with van der Waals surface area (Å²) in [5, 5.41) is 8.34. The zero-order chi connectivity index (χ0) is 27.7. The van der Waals surface area contributed by atoms with E-state index in [-0.39, 0.29) is 24.5 Å². The van der Waals surface area contributed by atoms with Gasteiger partial charge in [-0.3, -0.25) is 14.5 Å². The average molecular weight is 546 g/mol. The number of fused-ring (bicyclic) bond motifs is 2. The van der Waals surface area contributed by atoms with Crippen molar-refractivity contribution in [3.63, 3.8) is 0 Å². The number of hydrogen-bond donors (Lipinski definition) is 1. The molecule has 4 aromatic heterocycles. The molecule has 1 aromatic carbocycles. The van der Waals surface area contributed by atoms with Gasteiger partial charge in [0.15, 0.2) is 5.65 Å². The molecule has 5 aromatic rings. The highest BCUT2D eigenvalue weighted by molar-refractivity contribution is 6.76. The van der Waals surface area contributed by atoms with Crippen LogP contribution in [0.3, 0.4) is 0 Å². The lowest BCUT2D eigenvalue weighted by molar-refractivity contribution is 0.0890. The molecule has 0 spiro atoms. The number of hydrogen-bond acceptors (Lipinski definition) is 6. The van der Waals surface area contributed by atoms with Gasteiger partial charge in [0.05, 0.1) is 29.0 Å². The molecule has 202 valence electrons. The highest BCUT2D eigenvalue weighted by Crippen LogP contribution is 2.29. The number of aromatic nitrogens is 6. The largest absolute Gasteiger partial charge is 0.361 e. The van der Waals surface area contributed by atoms with Gasteiger partial charge in [-0.05, 0) is 43.3 Å². The van der Waals surface area contributed by atoms with E-state index in [1.165, 1.54) is 12.1 Å². The van der Waals surface area contributed by atoms with Crippen molar-refractivity contribution in [2.75, 3.05) is 6.61 Å². The van der Waals surface area contributed by atoms with Gasteiger partial charge < -0.3 is 14.6 Å². The van der Waals surface area contributed by atoms with Crippen molar-refractivity contribution in [1.29, 1.82) is 0 Å². The number of carbonyl (C=O) groups is 1. The molecule has 11 heteroatoms. The molecule has 39 heavy (non-hydrogen) atoms. The Kier molecular flexibility index (Phi) is 7.28. The summed E-state index contributed by atoms with van der Waals surface area (Å²) in [7, 11) is 0.507. The second-order valence-corrected chi connectivity index (χ2v) is 16.5. The lowest BCUT2D eigenvalue weighted by atomic mass is 10.1. The first-order valence-electron chi connectivity index (χ1n) is 12.9. The fourth-order valence-electron chi connectivity index (χ4n) is 4.37. The van der Waals surface area contributed by atoms with Crippen LogP contribution in [0.4, 0.5) is 4.39 Å². The minimum absolute atomic E-state index is 0.254. The quantitative estimate of drug-likeness (QED) is 0.199. The number of nitrogens with one attached hydrogen (secondary N) is 1. The van der Waals surface area contributed by atoms with Crippen molar-refractivity contribution in [1.82, 2.24) is 34.6 Å². The lowest BCUT2D eigenvalue weighted by Crippen LogP contribution is -2.27. The number of ether oxygens (including phenoxy) is 1. The Morgan fingerprint density at radius 1 is 1.18 bits per heavy atom. The number of amides is 1. The number of rotatable bonds is 9. The highest BCUT2D eigenvalue weighted by Gasteiger charge is 2.22. The zero-order valence-electron chi connectivity index (χ0n) is 22.8. The van der Waals surface area contributed by atoms with Crippen LogP contribution >= 0.6 is 0 Å². The fourth-order valence-corrected chi connectivity index (χ4v) is 5.13. The van der Waals surface area contributed by atoms with Gasteiger partial charge in [-0.25, -0.2) is 14.4 Å². The molecule has 1 atom stereocenters. The Hall–Kier alpha value is -3.96. The van der Waals surface area contributed by atoms with Gasteiger partial charge in [0.2, 0.25) is 0 Å². The van der Waals surface area contributed by atoms with E-state index in [2.05, 4.69) is 40.0 Å². The highest BCUT2D eigenvalue weighted by atomic mass is 28.3. The van der Waals surface area contributed by atoms with Gasteiger partial charge in [0.25, 0.3) is 5.91 Å². The molecule has 0 saturated heterocycles. The van der Waals surface area contributed by atoms with Crippen LogP contribution in [0.15, 0.2) is 55.0 Å². The van der Waals surface area contributed by atoms with Crippen molar-refractivity contribution in [3.05, 3.63) is 72.1 Å². The molecule has 0 radical (unpaired) electrons. The van der Waals surface area contributed by atoms with Crippen molar-refractivity contribution in [2.24, 2.45) is 7.05 Å². The van der Waals surface area contributed by atoms with Crippen LogP contribution in [0, 0.1) is 5.82 Å². The Labute approximate surface area is 227 Å². The van der Waals surface area contributed by atoms with Crippen LogP contribution in [-0.2, 0) is 18.5 Å². The molecule has 0 unspecified atom stereocenters. The Bertz CT molecular complexity index is 1640. The molecule has 0 aliphatic carbocycles. The van der Waals surface area contributed by atoms with Gasteiger partial charge in [-0.2, -0.15) is 5.10 Å². The number of carbonyl (C=O) groups excluding carboxylic acids is 1. The predicted molar refractivity (Wildman–Crippen MR) is 151 cm³/mol. The Morgan fingerprint density at radius 3 is 2.74 bits per heavy atom. The standard InChI is InChI=1S/C28H32FN7O2Si/c1-18(22-8-6-7-11-30-22)32-28(37)21-16-36(17-38-12-13-39(3,4)5)27-26(21)33-23(15-31-27)25-20-10-9-19(29)14-24(20)35(2)34-25/h6-11,14-16,18H,12-13,17H2,1-5H3,(H,32,37)/t18-/m1/s1. The van der Waals surface area contributed by atoms with Crippen LogP contribution in [-0.4, -0.2) is 49.9 Å². The van der Waals surface area contributed by atoms with Crippen molar-refractivity contribution < 1.29 is 13.9 Å². The smallest absolute Gasteiger partial charge is 0.255 e. The molecule has 0 fully saturated rings. The summed E-state index contributed by atoms with van der Waals surface area (Å²) in [6, 6.07) is 10.8. The number of halogens is 1. The predicted octanol–water partition coefficient (Wildman–Crippen LogP) is 5.32. The minimum atomic E-state index is -1.25. The molecule has 1 N–H and O–H groups in total. The molecular weight excluding hydrogens is 513 g/mol. The second-order valence-electron chi connectivity index (χ2n) is 10.9. The van der Waals surface area contributed by atoms with Crippen LogP contribution in [0.5, 0.6) is 0 Å². The van der Waals surface area contributed by atoms with Crippen LogP contribution in [0.1, 0.15) is 29.0 Å². The van der Waals surface area contributed by atoms with E-state index in [0.717, 1.165) is 17.1 Å². The molecule has 1 amide bonds. The van der Waals surface area contributed by atoms with Gasteiger partial charge in [0.1, 0.15) is 29.5 Å². The van der Waals surface area contributed by atoms with Crippen LogP contribution in [0.25, 0.3) is 33.5 Å².